The minimum atomic E-state index is -0.471. The number of aromatic nitrogens is 3. The van der Waals surface area contributed by atoms with Crippen molar-refractivity contribution >= 4 is 35.0 Å². The second kappa shape index (κ2) is 7.93. The number of fused-ring (bicyclic) bond motifs is 3. The summed E-state index contributed by atoms with van der Waals surface area (Å²) < 4.78 is 22.2. The van der Waals surface area contributed by atoms with Gasteiger partial charge >= 0.3 is 0 Å². The quantitative estimate of drug-likeness (QED) is 0.349. The molecule has 2 atom stereocenters. The third-order valence-electron chi connectivity index (χ3n) is 5.92. The number of benzene rings is 3. The molecule has 5 nitrogen and oxygen atoms in total. The molecular formula is C25H18ClFN4OS. The molecule has 1 N–H and O–H groups in total. The molecule has 0 saturated heterocycles. The molecule has 0 fully saturated rings. The number of nitrogens with zero attached hydrogens (tertiary/aromatic N) is 3. The molecule has 0 aliphatic carbocycles. The van der Waals surface area contributed by atoms with Crippen LogP contribution in [0.4, 0.5) is 10.3 Å². The lowest BCUT2D eigenvalue weighted by Crippen LogP contribution is -2.32. The number of anilines is 1. The van der Waals surface area contributed by atoms with E-state index in [2.05, 4.69) is 10.3 Å². The zero-order valence-electron chi connectivity index (χ0n) is 17.5. The van der Waals surface area contributed by atoms with Crippen LogP contribution in [0.15, 0.2) is 83.5 Å². The molecule has 0 bridgehead atoms. The molecule has 3 heterocycles. The van der Waals surface area contributed by atoms with Crippen LogP contribution in [0.1, 0.15) is 28.8 Å². The highest BCUT2D eigenvalue weighted by Crippen LogP contribution is 2.51. The average molecular weight is 477 g/mol. The van der Waals surface area contributed by atoms with E-state index in [1.165, 1.54) is 23.9 Å². The van der Waals surface area contributed by atoms with Gasteiger partial charge < -0.3 is 10.1 Å². The van der Waals surface area contributed by atoms with E-state index in [0.29, 0.717) is 16.1 Å². The molecule has 0 radical (unpaired) electrons. The van der Waals surface area contributed by atoms with Crippen molar-refractivity contribution < 1.29 is 9.13 Å². The Balaban J connectivity index is 1.65. The molecule has 4 aromatic rings. The van der Waals surface area contributed by atoms with E-state index in [4.69, 9.17) is 21.4 Å². The maximum Gasteiger partial charge on any atom is 0.227 e. The van der Waals surface area contributed by atoms with Gasteiger partial charge in [0.05, 0.1) is 5.70 Å². The van der Waals surface area contributed by atoms with E-state index >= 15 is 0 Å². The molecule has 0 saturated carbocycles. The lowest BCUT2D eigenvalue weighted by Gasteiger charge is -2.39. The smallest absolute Gasteiger partial charge is 0.227 e. The summed E-state index contributed by atoms with van der Waals surface area (Å²) >= 11 is 8.11. The molecule has 0 amide bonds. The number of halogens is 2. The molecule has 8 heteroatoms. The summed E-state index contributed by atoms with van der Waals surface area (Å²) in [4.78, 5) is 4.67. The van der Waals surface area contributed by atoms with Crippen molar-refractivity contribution in [2.45, 2.75) is 17.3 Å². The number of para-hydroxylation sites is 1. The number of rotatable bonds is 3. The highest BCUT2D eigenvalue weighted by atomic mass is 35.5. The van der Waals surface area contributed by atoms with E-state index in [-0.39, 0.29) is 11.9 Å². The third-order valence-corrected chi connectivity index (χ3v) is 6.80. The van der Waals surface area contributed by atoms with Gasteiger partial charge in [-0.1, -0.05) is 65.8 Å². The second-order valence-electron chi connectivity index (χ2n) is 7.79. The molecule has 164 valence electrons. The number of ether oxygens (including phenoxy) is 1. The Kier molecular flexibility index (Phi) is 4.89. The molecule has 2 unspecified atom stereocenters. The first-order valence-electron chi connectivity index (χ1n) is 10.4. The van der Waals surface area contributed by atoms with E-state index in [0.717, 1.165) is 33.7 Å². The zero-order chi connectivity index (χ0) is 22.5. The summed E-state index contributed by atoms with van der Waals surface area (Å²) in [7, 11) is 0. The van der Waals surface area contributed by atoms with Gasteiger partial charge in [-0.15, -0.1) is 5.10 Å². The molecule has 3 aromatic carbocycles. The number of hydrogen-bond acceptors (Lipinski definition) is 5. The number of nitrogens with one attached hydrogen (secondary N) is 1. The van der Waals surface area contributed by atoms with Crippen LogP contribution in [0.2, 0.25) is 5.02 Å². The highest BCUT2D eigenvalue weighted by molar-refractivity contribution is 7.98. The van der Waals surface area contributed by atoms with Crippen molar-refractivity contribution in [3.05, 3.63) is 106 Å². The van der Waals surface area contributed by atoms with Gasteiger partial charge in [-0.3, -0.25) is 0 Å². The molecule has 2 aliphatic rings. The van der Waals surface area contributed by atoms with Crippen LogP contribution < -0.4 is 10.1 Å². The Bertz CT molecular complexity index is 1400. The van der Waals surface area contributed by atoms with Crippen LogP contribution in [0, 0.1) is 5.82 Å². The average Bonchev–Trinajstić information content (AvgIpc) is 3.26. The van der Waals surface area contributed by atoms with Crippen molar-refractivity contribution in [2.75, 3.05) is 11.6 Å². The second-order valence-corrected chi connectivity index (χ2v) is 8.97. The summed E-state index contributed by atoms with van der Waals surface area (Å²) in [5.41, 5.74) is 4.51. The Hall–Kier alpha value is -3.29. The van der Waals surface area contributed by atoms with E-state index in [9.17, 15) is 4.39 Å². The topological polar surface area (TPSA) is 52.0 Å². The van der Waals surface area contributed by atoms with Gasteiger partial charge in [-0.25, -0.2) is 9.07 Å². The maximum atomic E-state index is 13.8. The number of hydrogen-bond donors (Lipinski definition) is 1. The summed E-state index contributed by atoms with van der Waals surface area (Å²) in [6.07, 6.45) is 1.47. The lowest BCUT2D eigenvalue weighted by atomic mass is 9.84. The maximum absolute atomic E-state index is 13.8. The van der Waals surface area contributed by atoms with E-state index in [1.54, 1.807) is 12.1 Å². The fraction of sp³-hybridized carbons (Fsp3) is 0.120. The van der Waals surface area contributed by atoms with Gasteiger partial charge in [-0.05, 0) is 42.2 Å². The summed E-state index contributed by atoms with van der Waals surface area (Å²) in [5.74, 6) is 1.09. The van der Waals surface area contributed by atoms with Gasteiger partial charge in [0.1, 0.15) is 17.6 Å². The predicted molar refractivity (Wildman–Crippen MR) is 128 cm³/mol. The van der Waals surface area contributed by atoms with Gasteiger partial charge in [0, 0.05) is 21.7 Å². The minimum Gasteiger partial charge on any atom is -0.480 e. The molecule has 0 spiro atoms. The van der Waals surface area contributed by atoms with Crippen molar-refractivity contribution in [3.63, 3.8) is 0 Å². The standard InChI is InChI=1S/C25H18ClFN4OS/c1-33-25-29-24-28-21-17-7-3-5-9-19(17)32-23(16-6-2-4-8-18(16)26)20(21)22(31(24)30-25)14-10-12-15(27)13-11-14/h2-13,22-23H,1H3,(H,28,29,30). The Labute approximate surface area is 199 Å². The Morgan fingerprint density at radius 3 is 2.58 bits per heavy atom. The fourth-order valence-electron chi connectivity index (χ4n) is 4.46. The monoisotopic (exact) mass is 476 g/mol. The van der Waals surface area contributed by atoms with Crippen LogP contribution >= 0.6 is 23.4 Å². The van der Waals surface area contributed by atoms with Crippen molar-refractivity contribution in [2.24, 2.45) is 0 Å². The first-order chi connectivity index (χ1) is 16.1. The zero-order valence-corrected chi connectivity index (χ0v) is 19.1. The Morgan fingerprint density at radius 1 is 1.03 bits per heavy atom. The van der Waals surface area contributed by atoms with Crippen LogP contribution in [-0.2, 0) is 0 Å². The fourth-order valence-corrected chi connectivity index (χ4v) is 5.04. The van der Waals surface area contributed by atoms with Crippen LogP contribution in [-0.4, -0.2) is 21.0 Å². The highest BCUT2D eigenvalue weighted by Gasteiger charge is 2.41. The van der Waals surface area contributed by atoms with Crippen molar-refractivity contribution in [1.82, 2.24) is 14.8 Å². The van der Waals surface area contributed by atoms with Gasteiger partial charge in [0.15, 0.2) is 6.10 Å². The van der Waals surface area contributed by atoms with E-state index in [1.807, 2.05) is 59.5 Å². The molecule has 2 aliphatic heterocycles. The van der Waals surface area contributed by atoms with Gasteiger partial charge in [-0.2, -0.15) is 4.98 Å². The normalized spacial score (nSPS) is 18.6. The van der Waals surface area contributed by atoms with Crippen molar-refractivity contribution in [3.8, 4) is 5.75 Å². The summed E-state index contributed by atoms with van der Waals surface area (Å²) in [5, 5.41) is 9.49. The summed E-state index contributed by atoms with van der Waals surface area (Å²) in [6, 6.07) is 21.7. The lowest BCUT2D eigenvalue weighted by molar-refractivity contribution is 0.223. The predicted octanol–water partition coefficient (Wildman–Crippen LogP) is 6.35. The van der Waals surface area contributed by atoms with Crippen molar-refractivity contribution in [1.29, 1.82) is 0 Å². The molecule has 33 heavy (non-hydrogen) atoms. The Morgan fingerprint density at radius 2 is 1.79 bits per heavy atom. The first-order valence-corrected chi connectivity index (χ1v) is 12.0. The van der Waals surface area contributed by atoms with Crippen LogP contribution in [0.3, 0.4) is 0 Å². The van der Waals surface area contributed by atoms with Crippen LogP contribution in [0.25, 0.3) is 5.70 Å². The summed E-state index contributed by atoms with van der Waals surface area (Å²) in [6.45, 7) is 0. The van der Waals surface area contributed by atoms with E-state index < -0.39 is 6.10 Å². The largest absolute Gasteiger partial charge is 0.480 e. The minimum absolute atomic E-state index is 0.293. The third kappa shape index (κ3) is 3.31. The molecule has 6 rings (SSSR count). The number of thioether (sulfide) groups is 1. The van der Waals surface area contributed by atoms with Gasteiger partial charge in [0.25, 0.3) is 0 Å². The van der Waals surface area contributed by atoms with Gasteiger partial charge in [0.2, 0.25) is 11.1 Å². The SMILES string of the molecule is CSc1nc2n(n1)C(c1ccc(F)cc1)C1=C(N2)c2ccccc2OC1c1ccccc1Cl. The van der Waals surface area contributed by atoms with Crippen LogP contribution in [0.5, 0.6) is 5.75 Å². The first kappa shape index (κ1) is 20.3. The molecular weight excluding hydrogens is 459 g/mol. The molecule has 1 aromatic heterocycles.